The number of anilines is 3. The molecule has 1 nitrogen and oxygen atoms in total. The van der Waals surface area contributed by atoms with Gasteiger partial charge in [0.05, 0.1) is 5.69 Å². The third-order valence-electron chi connectivity index (χ3n) is 9.71. The predicted octanol–water partition coefficient (Wildman–Crippen LogP) is 13.8. The summed E-state index contributed by atoms with van der Waals surface area (Å²) in [5.74, 6) is 0. The fourth-order valence-electron chi connectivity index (χ4n) is 7.47. The lowest BCUT2D eigenvalue weighted by atomic mass is 10.0. The molecule has 2 heteroatoms. The molecule has 0 saturated carbocycles. The first kappa shape index (κ1) is 30.0. The fraction of sp³-hybridized carbons (Fsp3) is 0. The molecule has 0 amide bonds. The van der Waals surface area contributed by atoms with Crippen molar-refractivity contribution in [1.29, 1.82) is 0 Å². The number of benzene rings is 8. The van der Waals surface area contributed by atoms with Gasteiger partial charge >= 0.3 is 0 Å². The Kier molecular flexibility index (Phi) is 7.65. The van der Waals surface area contributed by atoms with Crippen molar-refractivity contribution in [3.8, 4) is 33.4 Å². The van der Waals surface area contributed by atoms with Crippen molar-refractivity contribution in [2.75, 3.05) is 4.90 Å². The van der Waals surface area contributed by atoms with Gasteiger partial charge in [0.1, 0.15) is 0 Å². The van der Waals surface area contributed by atoms with Gasteiger partial charge in [0.15, 0.2) is 0 Å². The molecule has 0 atom stereocenters. The number of rotatable bonds is 7. The van der Waals surface area contributed by atoms with Gasteiger partial charge < -0.3 is 4.90 Å². The number of hydrogen-bond acceptors (Lipinski definition) is 1. The third kappa shape index (κ3) is 4.96. The van der Waals surface area contributed by atoms with Crippen LogP contribution in [0.2, 0.25) is 0 Å². The van der Waals surface area contributed by atoms with Crippen LogP contribution < -0.4 is 4.90 Å². The molecule has 9 rings (SSSR count). The molecular formula is C48H35NS. The molecule has 0 fully saturated rings. The number of nitrogens with zero attached hydrogens (tertiary/aromatic N) is 1. The molecule has 8 aromatic rings. The molecule has 0 N–H and O–H groups in total. The summed E-state index contributed by atoms with van der Waals surface area (Å²) in [5.41, 5.74) is 10.9. The van der Waals surface area contributed by atoms with Crippen molar-refractivity contribution in [3.63, 3.8) is 0 Å². The Labute approximate surface area is 296 Å². The Balaban J connectivity index is 1.32. The van der Waals surface area contributed by atoms with Crippen molar-refractivity contribution >= 4 is 27.1 Å². The minimum atomic E-state index is -1.87. The van der Waals surface area contributed by atoms with Crippen LogP contribution in [0.4, 0.5) is 17.1 Å². The first-order chi connectivity index (χ1) is 24.8. The molecule has 0 unspecified atom stereocenters. The van der Waals surface area contributed by atoms with E-state index in [1.54, 1.807) is 0 Å². The van der Waals surface area contributed by atoms with E-state index in [0.29, 0.717) is 0 Å². The van der Waals surface area contributed by atoms with Gasteiger partial charge in [0.2, 0.25) is 0 Å². The lowest BCUT2D eigenvalue weighted by Crippen LogP contribution is -2.13. The summed E-state index contributed by atoms with van der Waals surface area (Å²) >= 11 is 0. The van der Waals surface area contributed by atoms with E-state index in [9.17, 15) is 0 Å². The van der Waals surface area contributed by atoms with E-state index in [1.165, 1.54) is 58.7 Å². The summed E-state index contributed by atoms with van der Waals surface area (Å²) in [6, 6.07) is 77.7. The zero-order valence-electron chi connectivity index (χ0n) is 27.6. The van der Waals surface area contributed by atoms with E-state index in [1.807, 2.05) is 0 Å². The summed E-state index contributed by atoms with van der Waals surface area (Å²) in [6.45, 7) is 0. The maximum atomic E-state index is 2.47. The Morgan fingerprint density at radius 3 is 1.20 bits per heavy atom. The second-order valence-electron chi connectivity index (χ2n) is 12.5. The average Bonchev–Trinajstić information content (AvgIpc) is 3.52. The topological polar surface area (TPSA) is 3.24 Å². The van der Waals surface area contributed by atoms with E-state index in [4.69, 9.17) is 0 Å². The fourth-order valence-corrected chi connectivity index (χ4v) is 11.8. The zero-order chi connectivity index (χ0) is 33.3. The maximum Gasteiger partial charge on any atom is 0.0598 e. The molecule has 8 aromatic carbocycles. The number of fused-ring (bicyclic) bond motifs is 3. The summed E-state index contributed by atoms with van der Waals surface area (Å²) < 4.78 is 0. The van der Waals surface area contributed by atoms with Gasteiger partial charge in [0.25, 0.3) is 0 Å². The predicted molar refractivity (Wildman–Crippen MR) is 211 cm³/mol. The summed E-state index contributed by atoms with van der Waals surface area (Å²) in [7, 11) is -1.87. The molecular weight excluding hydrogens is 623 g/mol. The highest BCUT2D eigenvalue weighted by atomic mass is 32.3. The van der Waals surface area contributed by atoms with Gasteiger partial charge in [-0.3, -0.25) is 0 Å². The van der Waals surface area contributed by atoms with Crippen LogP contribution in [-0.2, 0) is 0 Å². The molecule has 1 aliphatic rings. The number of hydrogen-bond donors (Lipinski definition) is 0. The molecule has 1 heterocycles. The van der Waals surface area contributed by atoms with Gasteiger partial charge in [-0.1, -0.05) is 152 Å². The highest BCUT2D eigenvalue weighted by Gasteiger charge is 2.44. The Hall–Kier alpha value is -6.09. The van der Waals surface area contributed by atoms with Gasteiger partial charge in [-0.15, -0.1) is 10.0 Å². The highest BCUT2D eigenvalue weighted by molar-refractivity contribution is 8.34. The minimum absolute atomic E-state index is 1.12. The third-order valence-corrected chi connectivity index (χ3v) is 13.7. The second kappa shape index (κ2) is 12.7. The molecule has 0 saturated heterocycles. The van der Waals surface area contributed by atoms with Crippen molar-refractivity contribution < 1.29 is 0 Å². The van der Waals surface area contributed by atoms with Crippen LogP contribution in [0.5, 0.6) is 0 Å². The van der Waals surface area contributed by atoms with E-state index in [0.717, 1.165) is 11.4 Å². The van der Waals surface area contributed by atoms with Crippen LogP contribution >= 0.6 is 10.0 Å². The van der Waals surface area contributed by atoms with Crippen LogP contribution in [0, 0.1) is 0 Å². The van der Waals surface area contributed by atoms with Crippen LogP contribution in [0.3, 0.4) is 0 Å². The molecule has 0 aliphatic carbocycles. The van der Waals surface area contributed by atoms with Crippen LogP contribution in [0.15, 0.2) is 232 Å². The Bertz CT molecular complexity index is 2260. The highest BCUT2D eigenvalue weighted by Crippen LogP contribution is 2.81. The Morgan fingerprint density at radius 1 is 0.300 bits per heavy atom. The van der Waals surface area contributed by atoms with Crippen LogP contribution in [-0.4, -0.2) is 0 Å². The van der Waals surface area contributed by atoms with E-state index in [-0.39, 0.29) is 0 Å². The van der Waals surface area contributed by atoms with Crippen molar-refractivity contribution in [3.05, 3.63) is 212 Å². The average molecular weight is 658 g/mol. The van der Waals surface area contributed by atoms with E-state index < -0.39 is 10.0 Å². The molecule has 1 aliphatic heterocycles. The molecule has 238 valence electrons. The van der Waals surface area contributed by atoms with E-state index >= 15 is 0 Å². The summed E-state index contributed by atoms with van der Waals surface area (Å²) in [4.78, 5) is 7.91. The summed E-state index contributed by atoms with van der Waals surface area (Å²) in [5, 5.41) is 0. The SMILES string of the molecule is c1ccc(-c2ccc(N(c3ccc(-c4ccccc4)cc3)c3cccc4c3S(c3ccccc3)(c3ccccc3)c3ccccc3-4)cc2)cc1. The second-order valence-corrected chi connectivity index (χ2v) is 15.6. The van der Waals surface area contributed by atoms with Crippen molar-refractivity contribution in [1.82, 2.24) is 0 Å². The first-order valence-electron chi connectivity index (χ1n) is 17.1. The molecule has 0 radical (unpaired) electrons. The lowest BCUT2D eigenvalue weighted by Gasteiger charge is -2.42. The molecule has 50 heavy (non-hydrogen) atoms. The van der Waals surface area contributed by atoms with Gasteiger partial charge in [-0.2, -0.15) is 0 Å². The van der Waals surface area contributed by atoms with Crippen LogP contribution in [0.25, 0.3) is 33.4 Å². The standard InChI is InChI=1S/C48H35NS/c1-5-16-36(17-6-1)38-28-32-40(33-29-38)49(41-34-30-39(31-35-41)37-18-7-2-8-19-37)46-26-15-25-45-44-24-13-14-27-47(44)50(48(45)46,42-20-9-3-10-21-42)43-22-11-4-12-23-43/h1-35H. The van der Waals surface area contributed by atoms with Crippen molar-refractivity contribution in [2.45, 2.75) is 19.6 Å². The first-order valence-corrected chi connectivity index (χ1v) is 18.7. The van der Waals surface area contributed by atoms with E-state index in [2.05, 4.69) is 217 Å². The lowest BCUT2D eigenvalue weighted by molar-refractivity contribution is 1.21. The molecule has 0 bridgehead atoms. The quantitative estimate of drug-likeness (QED) is 0.165. The Morgan fingerprint density at radius 2 is 0.700 bits per heavy atom. The van der Waals surface area contributed by atoms with Crippen molar-refractivity contribution in [2.24, 2.45) is 0 Å². The minimum Gasteiger partial charge on any atom is -0.309 e. The molecule has 0 aromatic heterocycles. The largest absolute Gasteiger partial charge is 0.309 e. The smallest absolute Gasteiger partial charge is 0.0598 e. The monoisotopic (exact) mass is 657 g/mol. The van der Waals surface area contributed by atoms with Gasteiger partial charge in [-0.25, -0.2) is 0 Å². The normalized spacial score (nSPS) is 13.2. The zero-order valence-corrected chi connectivity index (χ0v) is 28.4. The molecule has 0 spiro atoms. The maximum absolute atomic E-state index is 2.47. The summed E-state index contributed by atoms with van der Waals surface area (Å²) in [6.07, 6.45) is 0. The van der Waals surface area contributed by atoms with Gasteiger partial charge in [0, 0.05) is 31.0 Å². The van der Waals surface area contributed by atoms with Crippen LogP contribution in [0.1, 0.15) is 0 Å². The van der Waals surface area contributed by atoms with Gasteiger partial charge in [-0.05, 0) is 94.0 Å².